The molecule has 0 spiro atoms. The third-order valence-electron chi connectivity index (χ3n) is 7.67. The van der Waals surface area contributed by atoms with E-state index >= 15 is 0 Å². The lowest BCUT2D eigenvalue weighted by molar-refractivity contribution is -0.109. The van der Waals surface area contributed by atoms with Crippen LogP contribution in [0.25, 0.3) is 0 Å². The van der Waals surface area contributed by atoms with E-state index in [4.69, 9.17) is 9.47 Å². The first-order valence-electron chi connectivity index (χ1n) is 11.9. The van der Waals surface area contributed by atoms with Crippen molar-refractivity contribution in [3.63, 3.8) is 0 Å². The number of ether oxygens (including phenoxy) is 2. The molecular weight excluding hydrogens is 434 g/mol. The maximum Gasteiger partial charge on any atom is 0.410 e. The first-order valence-corrected chi connectivity index (χ1v) is 11.9. The second-order valence-corrected chi connectivity index (χ2v) is 11.6. The summed E-state index contributed by atoms with van der Waals surface area (Å²) in [6.45, 7) is 9.26. The predicted octanol–water partition coefficient (Wildman–Crippen LogP) is 3.03. The fourth-order valence-electron chi connectivity index (χ4n) is 5.65. The quantitative estimate of drug-likeness (QED) is 0.710. The van der Waals surface area contributed by atoms with Crippen LogP contribution < -0.4 is 5.32 Å². The zero-order valence-electron chi connectivity index (χ0n) is 19.8. The van der Waals surface area contributed by atoms with Crippen LogP contribution in [0.4, 0.5) is 13.6 Å². The highest BCUT2D eigenvalue weighted by Crippen LogP contribution is 2.51. The fourth-order valence-corrected chi connectivity index (χ4v) is 5.65. The molecule has 2 bridgehead atoms. The van der Waals surface area contributed by atoms with Gasteiger partial charge in [-0.1, -0.05) is 0 Å². The van der Waals surface area contributed by atoms with Gasteiger partial charge in [0.2, 0.25) is 0 Å². The number of carbonyl (C=O) groups is 1. The Kier molecular flexibility index (Phi) is 5.24. The molecule has 2 unspecified atom stereocenters. The molecule has 3 saturated heterocycles. The fraction of sp³-hybridized carbons (Fsp3) is 0.909. The molecule has 1 N–H and O–H groups in total. The van der Waals surface area contributed by atoms with E-state index in [2.05, 4.69) is 20.8 Å². The van der Waals surface area contributed by atoms with Crippen LogP contribution in [0.1, 0.15) is 78.1 Å². The molecule has 4 heterocycles. The van der Waals surface area contributed by atoms with Crippen molar-refractivity contribution in [1.29, 1.82) is 0 Å². The number of halogens is 2. The molecule has 9 nitrogen and oxygen atoms in total. The molecule has 33 heavy (non-hydrogen) atoms. The number of alkyl halides is 2. The van der Waals surface area contributed by atoms with E-state index in [0.717, 1.165) is 12.8 Å². The summed E-state index contributed by atoms with van der Waals surface area (Å²) < 4.78 is 40.3. The average Bonchev–Trinajstić information content (AvgIpc) is 3.40. The standard InChI is InChI=1S/C22H34F2N6O3/c1-14-5-6-21(12-29(14)18(31)33-19(2,3)4,25-11-20-9-16(10-20)32-13-20)17-26-27-28-30(17)15-7-22(23,24)8-15/h14-16,25H,5-13H2,1-4H3. The number of nitrogens with zero attached hydrogens (tertiary/aromatic N) is 5. The van der Waals surface area contributed by atoms with Gasteiger partial charge in [-0.25, -0.2) is 18.3 Å². The molecule has 5 aliphatic rings. The van der Waals surface area contributed by atoms with Gasteiger partial charge in [0.05, 0.1) is 24.3 Å². The first-order chi connectivity index (χ1) is 15.4. The Labute approximate surface area is 192 Å². The van der Waals surface area contributed by atoms with Gasteiger partial charge in [0.1, 0.15) is 5.60 Å². The van der Waals surface area contributed by atoms with E-state index in [9.17, 15) is 13.6 Å². The monoisotopic (exact) mass is 468 g/mol. The largest absolute Gasteiger partial charge is 0.444 e. The highest BCUT2D eigenvalue weighted by molar-refractivity contribution is 5.69. The van der Waals surface area contributed by atoms with E-state index in [1.54, 1.807) is 9.58 Å². The van der Waals surface area contributed by atoms with Gasteiger partial charge in [0, 0.05) is 37.4 Å². The Hall–Kier alpha value is -1.88. The van der Waals surface area contributed by atoms with Crippen molar-refractivity contribution in [3.8, 4) is 0 Å². The molecular formula is C22H34F2N6O3. The highest BCUT2D eigenvalue weighted by atomic mass is 19.3. The Balaban J connectivity index is 1.43. The molecule has 1 amide bonds. The first kappa shape index (κ1) is 22.9. The number of piperidine rings is 1. The van der Waals surface area contributed by atoms with Crippen molar-refractivity contribution in [3.05, 3.63) is 5.82 Å². The molecule has 1 aromatic rings. The lowest BCUT2D eigenvalue weighted by atomic mass is 9.69. The number of fused-ring (bicyclic) bond motifs is 1. The minimum Gasteiger partial charge on any atom is -0.444 e. The van der Waals surface area contributed by atoms with Crippen molar-refractivity contribution < 1.29 is 23.0 Å². The van der Waals surface area contributed by atoms with Crippen LogP contribution in [0.2, 0.25) is 0 Å². The molecule has 0 aromatic carbocycles. The molecule has 2 atom stereocenters. The van der Waals surface area contributed by atoms with Gasteiger partial charge in [-0.3, -0.25) is 0 Å². The number of rotatable bonds is 5. The summed E-state index contributed by atoms with van der Waals surface area (Å²) >= 11 is 0. The Morgan fingerprint density at radius 1 is 1.27 bits per heavy atom. The molecule has 3 aliphatic heterocycles. The van der Waals surface area contributed by atoms with Crippen LogP contribution in [0.5, 0.6) is 0 Å². The molecule has 184 valence electrons. The molecule has 5 fully saturated rings. The van der Waals surface area contributed by atoms with E-state index < -0.39 is 23.1 Å². The van der Waals surface area contributed by atoms with Crippen LogP contribution >= 0.6 is 0 Å². The summed E-state index contributed by atoms with van der Waals surface area (Å²) in [5.74, 6) is -2.16. The van der Waals surface area contributed by atoms with Gasteiger partial charge < -0.3 is 19.7 Å². The van der Waals surface area contributed by atoms with Crippen LogP contribution in [-0.4, -0.2) is 74.6 Å². The Bertz CT molecular complexity index is 899. The Morgan fingerprint density at radius 2 is 2.00 bits per heavy atom. The number of tetrazole rings is 1. The van der Waals surface area contributed by atoms with Crippen LogP contribution in [-0.2, 0) is 15.0 Å². The van der Waals surface area contributed by atoms with E-state index in [1.807, 2.05) is 27.7 Å². The number of hydrogen-bond acceptors (Lipinski definition) is 7. The normalized spacial score (nSPS) is 35.8. The number of nitrogens with one attached hydrogen (secondary N) is 1. The second-order valence-electron chi connectivity index (χ2n) is 11.6. The maximum atomic E-state index is 13.7. The van der Waals surface area contributed by atoms with Gasteiger partial charge >= 0.3 is 6.09 Å². The molecule has 1 aromatic heterocycles. The van der Waals surface area contributed by atoms with Crippen molar-refractivity contribution in [2.45, 2.75) is 101 Å². The lowest BCUT2D eigenvalue weighted by Gasteiger charge is -2.48. The maximum absolute atomic E-state index is 13.7. The zero-order chi connectivity index (χ0) is 23.6. The van der Waals surface area contributed by atoms with Gasteiger partial charge in [-0.05, 0) is 63.8 Å². The third-order valence-corrected chi connectivity index (χ3v) is 7.67. The van der Waals surface area contributed by atoms with Gasteiger partial charge in [0.25, 0.3) is 5.92 Å². The third kappa shape index (κ3) is 4.22. The summed E-state index contributed by atoms with van der Waals surface area (Å²) in [7, 11) is 0. The van der Waals surface area contributed by atoms with Crippen molar-refractivity contribution in [1.82, 2.24) is 30.4 Å². The van der Waals surface area contributed by atoms with Crippen LogP contribution in [0.15, 0.2) is 0 Å². The minimum atomic E-state index is -2.68. The number of carbonyl (C=O) groups excluding carboxylic acids is 1. The average molecular weight is 469 g/mol. The van der Waals surface area contributed by atoms with Crippen molar-refractivity contribution in [2.24, 2.45) is 5.41 Å². The molecule has 2 saturated carbocycles. The lowest BCUT2D eigenvalue weighted by Crippen LogP contribution is -2.62. The van der Waals surface area contributed by atoms with Crippen LogP contribution in [0, 0.1) is 5.41 Å². The van der Waals surface area contributed by atoms with E-state index in [1.165, 1.54) is 0 Å². The van der Waals surface area contributed by atoms with Gasteiger partial charge in [-0.2, -0.15) is 0 Å². The summed E-state index contributed by atoms with van der Waals surface area (Å²) in [6.07, 6.45) is 2.85. The van der Waals surface area contributed by atoms with Crippen molar-refractivity contribution >= 4 is 6.09 Å². The molecule has 6 rings (SSSR count). The minimum absolute atomic E-state index is 0.0202. The summed E-state index contributed by atoms with van der Waals surface area (Å²) in [5, 5.41) is 16.0. The predicted molar refractivity (Wildman–Crippen MR) is 114 cm³/mol. The molecule has 2 aliphatic carbocycles. The van der Waals surface area contributed by atoms with E-state index in [0.29, 0.717) is 44.5 Å². The number of amides is 1. The summed E-state index contributed by atoms with van der Waals surface area (Å²) in [6, 6.07) is -0.465. The number of aromatic nitrogens is 4. The highest BCUT2D eigenvalue weighted by Gasteiger charge is 2.55. The van der Waals surface area contributed by atoms with Gasteiger partial charge in [-0.15, -0.1) is 5.10 Å². The van der Waals surface area contributed by atoms with Gasteiger partial charge in [0.15, 0.2) is 5.82 Å². The second kappa shape index (κ2) is 7.56. The Morgan fingerprint density at radius 3 is 2.61 bits per heavy atom. The van der Waals surface area contributed by atoms with Crippen LogP contribution in [0.3, 0.4) is 0 Å². The molecule has 0 radical (unpaired) electrons. The topological polar surface area (TPSA) is 94.4 Å². The number of hydrogen-bond donors (Lipinski definition) is 1. The van der Waals surface area contributed by atoms with Crippen molar-refractivity contribution in [2.75, 3.05) is 19.7 Å². The summed E-state index contributed by atoms with van der Waals surface area (Å²) in [4.78, 5) is 14.8. The smallest absolute Gasteiger partial charge is 0.410 e. The zero-order valence-corrected chi connectivity index (χ0v) is 19.8. The SMILES string of the molecule is CC1CCC(NCC23COC(C2)C3)(c2nnnn2C2CC(F)(F)C2)CN1C(=O)OC(C)(C)C. The number of likely N-dealkylation sites (tertiary alicyclic amines) is 1. The van der Waals surface area contributed by atoms with E-state index in [-0.39, 0.29) is 30.4 Å². The molecule has 11 heteroatoms. The summed E-state index contributed by atoms with van der Waals surface area (Å²) in [5.41, 5.74) is -1.29.